The highest BCUT2D eigenvalue weighted by Gasteiger charge is 2.37. The lowest BCUT2D eigenvalue weighted by Crippen LogP contribution is -2.49. The van der Waals surface area contributed by atoms with E-state index >= 15 is 0 Å². The Kier molecular flexibility index (Phi) is 2.92. The Morgan fingerprint density at radius 2 is 2.33 bits per heavy atom. The molecular formula is C14H17N3O. The quantitative estimate of drug-likeness (QED) is 0.757. The van der Waals surface area contributed by atoms with Crippen molar-refractivity contribution >= 4 is 5.82 Å². The van der Waals surface area contributed by atoms with Crippen LogP contribution >= 0.6 is 0 Å². The van der Waals surface area contributed by atoms with Gasteiger partial charge in [-0.25, -0.2) is 4.98 Å². The molecule has 4 nitrogen and oxygen atoms in total. The van der Waals surface area contributed by atoms with E-state index in [2.05, 4.69) is 16.0 Å². The van der Waals surface area contributed by atoms with E-state index in [9.17, 15) is 5.26 Å². The molecule has 1 aromatic heterocycles. The van der Waals surface area contributed by atoms with Crippen molar-refractivity contribution in [2.45, 2.75) is 38.3 Å². The third-order valence-electron chi connectivity index (χ3n) is 3.89. The summed E-state index contributed by atoms with van der Waals surface area (Å²) in [6.45, 7) is 3.55. The third kappa shape index (κ3) is 1.85. The van der Waals surface area contributed by atoms with Gasteiger partial charge in [-0.2, -0.15) is 5.26 Å². The summed E-state index contributed by atoms with van der Waals surface area (Å²) in [5.74, 6) is 0.845. The predicted octanol–water partition coefficient (Wildman–Crippen LogP) is 2.02. The van der Waals surface area contributed by atoms with Crippen LogP contribution in [0.4, 0.5) is 5.82 Å². The number of morpholine rings is 1. The number of hydrogen-bond acceptors (Lipinski definition) is 4. The van der Waals surface area contributed by atoms with Crippen LogP contribution in [0.25, 0.3) is 0 Å². The van der Waals surface area contributed by atoms with Gasteiger partial charge in [0.05, 0.1) is 24.3 Å². The van der Waals surface area contributed by atoms with Gasteiger partial charge in [0.2, 0.25) is 0 Å². The van der Waals surface area contributed by atoms with Crippen LogP contribution < -0.4 is 4.90 Å². The van der Waals surface area contributed by atoms with E-state index in [0.29, 0.717) is 17.7 Å². The minimum atomic E-state index is 0.326. The highest BCUT2D eigenvalue weighted by atomic mass is 16.5. The molecule has 1 saturated heterocycles. The molecule has 2 atom stereocenters. The lowest BCUT2D eigenvalue weighted by atomic mass is 10.1. The van der Waals surface area contributed by atoms with E-state index in [1.54, 1.807) is 0 Å². The Labute approximate surface area is 107 Å². The van der Waals surface area contributed by atoms with Gasteiger partial charge in [-0.05, 0) is 38.3 Å². The van der Waals surface area contributed by atoms with Gasteiger partial charge in [0.15, 0.2) is 0 Å². The first-order chi connectivity index (χ1) is 8.79. The molecule has 2 heterocycles. The molecule has 4 heteroatoms. The molecule has 1 saturated carbocycles. The summed E-state index contributed by atoms with van der Waals surface area (Å²) in [6.07, 6.45) is 3.81. The number of nitrogens with zero attached hydrogens (tertiary/aromatic N) is 3. The van der Waals surface area contributed by atoms with Crippen LogP contribution in [0.5, 0.6) is 0 Å². The van der Waals surface area contributed by atoms with Gasteiger partial charge >= 0.3 is 0 Å². The monoisotopic (exact) mass is 243 g/mol. The zero-order valence-electron chi connectivity index (χ0n) is 10.6. The first-order valence-corrected chi connectivity index (χ1v) is 6.55. The number of aryl methyl sites for hydroxylation is 1. The van der Waals surface area contributed by atoms with Crippen molar-refractivity contribution in [2.24, 2.45) is 0 Å². The average Bonchev–Trinajstić information content (AvgIpc) is 2.86. The maximum Gasteiger partial charge on any atom is 0.147 e. The molecular weight excluding hydrogens is 226 g/mol. The van der Waals surface area contributed by atoms with Gasteiger partial charge in [0, 0.05) is 12.2 Å². The summed E-state index contributed by atoms with van der Waals surface area (Å²) < 4.78 is 5.80. The molecule has 18 heavy (non-hydrogen) atoms. The average molecular weight is 243 g/mol. The minimum Gasteiger partial charge on any atom is -0.374 e. The second kappa shape index (κ2) is 4.58. The SMILES string of the molecule is Cc1ccc(C#N)c(N2CCOC3CCCC32)n1. The first kappa shape index (κ1) is 11.5. The van der Waals surface area contributed by atoms with E-state index in [-0.39, 0.29) is 0 Å². The first-order valence-electron chi connectivity index (χ1n) is 6.55. The molecule has 2 aliphatic rings. The Bertz CT molecular complexity index is 494. The molecule has 2 fully saturated rings. The van der Waals surface area contributed by atoms with E-state index in [4.69, 9.17) is 4.74 Å². The smallest absolute Gasteiger partial charge is 0.147 e. The lowest BCUT2D eigenvalue weighted by molar-refractivity contribution is 0.0253. The van der Waals surface area contributed by atoms with Crippen LogP contribution in [-0.4, -0.2) is 30.3 Å². The zero-order chi connectivity index (χ0) is 12.5. The van der Waals surface area contributed by atoms with Crippen molar-refractivity contribution in [1.82, 2.24) is 4.98 Å². The minimum absolute atomic E-state index is 0.326. The van der Waals surface area contributed by atoms with Gasteiger partial charge in [-0.3, -0.25) is 0 Å². The summed E-state index contributed by atoms with van der Waals surface area (Å²) in [5, 5.41) is 9.23. The molecule has 0 bridgehead atoms. The number of ether oxygens (including phenoxy) is 1. The Morgan fingerprint density at radius 1 is 1.44 bits per heavy atom. The molecule has 0 N–H and O–H groups in total. The summed E-state index contributed by atoms with van der Waals surface area (Å²) in [6, 6.07) is 6.43. The van der Waals surface area contributed by atoms with Crippen molar-refractivity contribution in [3.8, 4) is 6.07 Å². The number of fused-ring (bicyclic) bond motifs is 1. The third-order valence-corrected chi connectivity index (χ3v) is 3.89. The highest BCUT2D eigenvalue weighted by molar-refractivity contribution is 5.55. The van der Waals surface area contributed by atoms with Gasteiger partial charge in [-0.15, -0.1) is 0 Å². The molecule has 0 spiro atoms. The number of anilines is 1. The van der Waals surface area contributed by atoms with Crippen LogP contribution in [0.3, 0.4) is 0 Å². The largest absolute Gasteiger partial charge is 0.374 e. The molecule has 1 aliphatic heterocycles. The van der Waals surface area contributed by atoms with Crippen molar-refractivity contribution in [2.75, 3.05) is 18.1 Å². The van der Waals surface area contributed by atoms with Crippen LogP contribution in [0, 0.1) is 18.3 Å². The highest BCUT2D eigenvalue weighted by Crippen LogP contribution is 2.33. The zero-order valence-corrected chi connectivity index (χ0v) is 10.6. The second-order valence-corrected chi connectivity index (χ2v) is 5.04. The topological polar surface area (TPSA) is 49.2 Å². The fraction of sp³-hybridized carbons (Fsp3) is 0.571. The fourth-order valence-corrected chi connectivity index (χ4v) is 3.04. The van der Waals surface area contributed by atoms with Crippen molar-refractivity contribution in [1.29, 1.82) is 5.26 Å². The second-order valence-electron chi connectivity index (χ2n) is 5.04. The molecule has 0 aromatic carbocycles. The summed E-state index contributed by atoms with van der Waals surface area (Å²) in [7, 11) is 0. The predicted molar refractivity (Wildman–Crippen MR) is 68.4 cm³/mol. The van der Waals surface area contributed by atoms with Gasteiger partial charge in [0.25, 0.3) is 0 Å². The maximum atomic E-state index is 9.23. The summed E-state index contributed by atoms with van der Waals surface area (Å²) >= 11 is 0. The Morgan fingerprint density at radius 3 is 3.17 bits per heavy atom. The standard InChI is InChI=1S/C14H17N3O/c1-10-5-6-11(9-15)14(16-10)17-7-8-18-13-4-2-3-12(13)17/h5-6,12-13H,2-4,7-8H2,1H3. The molecule has 94 valence electrons. The van der Waals surface area contributed by atoms with Crippen molar-refractivity contribution < 1.29 is 4.74 Å². The van der Waals surface area contributed by atoms with Crippen LogP contribution in [0.2, 0.25) is 0 Å². The number of pyridine rings is 1. The van der Waals surface area contributed by atoms with Crippen LogP contribution in [0.1, 0.15) is 30.5 Å². The summed E-state index contributed by atoms with van der Waals surface area (Å²) in [5.41, 5.74) is 1.64. The molecule has 3 rings (SSSR count). The van der Waals surface area contributed by atoms with Gasteiger partial charge in [0.1, 0.15) is 11.9 Å². The lowest BCUT2D eigenvalue weighted by Gasteiger charge is -2.38. The van der Waals surface area contributed by atoms with Crippen molar-refractivity contribution in [3.05, 3.63) is 23.4 Å². The van der Waals surface area contributed by atoms with Crippen LogP contribution in [0.15, 0.2) is 12.1 Å². The molecule has 2 unspecified atom stereocenters. The Hall–Kier alpha value is -1.60. The fourth-order valence-electron chi connectivity index (χ4n) is 3.04. The van der Waals surface area contributed by atoms with E-state index < -0.39 is 0 Å². The summed E-state index contributed by atoms with van der Waals surface area (Å²) in [4.78, 5) is 6.86. The van der Waals surface area contributed by atoms with Gasteiger partial charge in [-0.1, -0.05) is 0 Å². The normalized spacial score (nSPS) is 26.8. The molecule has 1 aromatic rings. The number of hydrogen-bond donors (Lipinski definition) is 0. The number of rotatable bonds is 1. The van der Waals surface area contributed by atoms with E-state index in [0.717, 1.165) is 37.5 Å². The maximum absolute atomic E-state index is 9.23. The van der Waals surface area contributed by atoms with E-state index in [1.807, 2.05) is 19.1 Å². The van der Waals surface area contributed by atoms with Crippen molar-refractivity contribution in [3.63, 3.8) is 0 Å². The molecule has 0 radical (unpaired) electrons. The number of nitriles is 1. The number of aromatic nitrogens is 1. The van der Waals surface area contributed by atoms with Crippen LogP contribution in [-0.2, 0) is 4.74 Å². The van der Waals surface area contributed by atoms with E-state index in [1.165, 1.54) is 6.42 Å². The molecule has 0 amide bonds. The Balaban J connectivity index is 1.98. The molecule has 1 aliphatic carbocycles. The van der Waals surface area contributed by atoms with Gasteiger partial charge < -0.3 is 9.64 Å².